The third-order valence-electron chi connectivity index (χ3n) is 5.27. The lowest BCUT2D eigenvalue weighted by atomic mass is 9.83. The predicted octanol–water partition coefficient (Wildman–Crippen LogP) is 5.76. The van der Waals surface area contributed by atoms with E-state index >= 15 is 0 Å². The lowest BCUT2D eigenvalue weighted by Gasteiger charge is -2.22. The fraction of sp³-hybridized carbons (Fsp3) is 0.400. The highest BCUT2D eigenvalue weighted by Gasteiger charge is 2.22. The fourth-order valence-corrected chi connectivity index (χ4v) is 3.58. The standard InChI is InChI=1S/C25H32N2O/c1-17(2)15-27-24(28)14-21(18-10-12-19(13-11-18)25(3,4)5)22-16-26-23-9-7-6-8-20(22)23/h6-13,16-17,21,26H,14-15H2,1-5H3,(H,27,28)/t21-/m0/s1. The maximum absolute atomic E-state index is 12.7. The Hall–Kier alpha value is -2.55. The molecule has 0 fully saturated rings. The van der Waals surface area contributed by atoms with Crippen LogP contribution in [0.4, 0.5) is 0 Å². The first-order valence-corrected chi connectivity index (χ1v) is 10.2. The van der Waals surface area contributed by atoms with Crippen molar-refractivity contribution >= 4 is 16.8 Å². The van der Waals surface area contributed by atoms with Gasteiger partial charge >= 0.3 is 0 Å². The molecule has 2 aromatic carbocycles. The Labute approximate surface area is 168 Å². The van der Waals surface area contributed by atoms with E-state index in [1.54, 1.807) is 0 Å². The van der Waals surface area contributed by atoms with Gasteiger partial charge < -0.3 is 10.3 Å². The second-order valence-corrected chi connectivity index (χ2v) is 9.12. The normalized spacial score (nSPS) is 13.1. The van der Waals surface area contributed by atoms with Gasteiger partial charge in [-0.1, -0.05) is 77.1 Å². The van der Waals surface area contributed by atoms with Gasteiger partial charge in [-0.3, -0.25) is 4.79 Å². The molecule has 3 rings (SSSR count). The van der Waals surface area contributed by atoms with Crippen molar-refractivity contribution in [2.24, 2.45) is 5.92 Å². The van der Waals surface area contributed by atoms with Crippen LogP contribution in [0.5, 0.6) is 0 Å². The van der Waals surface area contributed by atoms with Gasteiger partial charge in [0, 0.05) is 36.0 Å². The quantitative estimate of drug-likeness (QED) is 0.564. The van der Waals surface area contributed by atoms with Gasteiger partial charge in [0.2, 0.25) is 5.91 Å². The van der Waals surface area contributed by atoms with Crippen molar-refractivity contribution in [3.63, 3.8) is 0 Å². The zero-order valence-corrected chi connectivity index (χ0v) is 17.7. The molecular weight excluding hydrogens is 344 g/mol. The first-order valence-electron chi connectivity index (χ1n) is 10.2. The van der Waals surface area contributed by atoms with Gasteiger partial charge in [0.05, 0.1) is 0 Å². The molecule has 1 atom stereocenters. The summed E-state index contributed by atoms with van der Waals surface area (Å²) in [4.78, 5) is 16.0. The molecule has 28 heavy (non-hydrogen) atoms. The number of H-pyrrole nitrogens is 1. The van der Waals surface area contributed by atoms with Crippen LogP contribution in [0.2, 0.25) is 0 Å². The van der Waals surface area contributed by atoms with Gasteiger partial charge in [0.1, 0.15) is 0 Å². The number of hydrogen-bond acceptors (Lipinski definition) is 1. The van der Waals surface area contributed by atoms with Crippen molar-refractivity contribution < 1.29 is 4.79 Å². The number of carbonyl (C=O) groups excluding carboxylic acids is 1. The van der Waals surface area contributed by atoms with Gasteiger partial charge in [0.25, 0.3) is 0 Å². The van der Waals surface area contributed by atoms with Crippen molar-refractivity contribution in [2.75, 3.05) is 6.54 Å². The molecule has 0 aliphatic heterocycles. The molecule has 0 radical (unpaired) electrons. The number of carbonyl (C=O) groups is 1. The molecular formula is C25H32N2O. The summed E-state index contributed by atoms with van der Waals surface area (Å²) in [5.41, 5.74) is 4.88. The highest BCUT2D eigenvalue weighted by atomic mass is 16.1. The van der Waals surface area contributed by atoms with Crippen LogP contribution in [0, 0.1) is 5.92 Å². The van der Waals surface area contributed by atoms with Gasteiger partial charge in [-0.05, 0) is 34.1 Å². The molecule has 3 nitrogen and oxygen atoms in total. The SMILES string of the molecule is CC(C)CNC(=O)C[C@@H](c1ccc(C(C)(C)C)cc1)c1c[nH]c2ccccc12. The van der Waals surface area contributed by atoms with Crippen molar-refractivity contribution in [1.29, 1.82) is 0 Å². The van der Waals surface area contributed by atoms with Crippen LogP contribution in [0.3, 0.4) is 0 Å². The Kier molecular flexibility index (Phi) is 5.93. The van der Waals surface area contributed by atoms with Gasteiger partial charge in [-0.2, -0.15) is 0 Å². The minimum atomic E-state index is 0.0253. The number of fused-ring (bicyclic) bond motifs is 1. The van der Waals surface area contributed by atoms with E-state index in [1.807, 2.05) is 6.07 Å². The van der Waals surface area contributed by atoms with E-state index in [1.165, 1.54) is 22.1 Å². The van der Waals surface area contributed by atoms with Gasteiger partial charge in [-0.25, -0.2) is 0 Å². The number of nitrogens with one attached hydrogen (secondary N) is 2. The molecule has 0 aliphatic carbocycles. The predicted molar refractivity (Wildman–Crippen MR) is 118 cm³/mol. The van der Waals surface area contributed by atoms with E-state index < -0.39 is 0 Å². The molecule has 0 saturated heterocycles. The molecule has 1 amide bonds. The second kappa shape index (κ2) is 8.22. The number of aromatic nitrogens is 1. The number of para-hydroxylation sites is 1. The highest BCUT2D eigenvalue weighted by Crippen LogP contribution is 2.34. The summed E-state index contributed by atoms with van der Waals surface area (Å²) in [7, 11) is 0. The zero-order valence-electron chi connectivity index (χ0n) is 17.7. The van der Waals surface area contributed by atoms with E-state index in [0.717, 1.165) is 5.52 Å². The van der Waals surface area contributed by atoms with Crippen LogP contribution in [-0.4, -0.2) is 17.4 Å². The third kappa shape index (κ3) is 4.64. The van der Waals surface area contributed by atoms with E-state index in [-0.39, 0.29) is 17.2 Å². The lowest BCUT2D eigenvalue weighted by molar-refractivity contribution is -0.121. The van der Waals surface area contributed by atoms with Gasteiger partial charge in [-0.15, -0.1) is 0 Å². The number of amides is 1. The number of benzene rings is 2. The second-order valence-electron chi connectivity index (χ2n) is 9.12. The van der Waals surface area contributed by atoms with E-state index in [9.17, 15) is 4.79 Å². The van der Waals surface area contributed by atoms with Crippen molar-refractivity contribution in [2.45, 2.75) is 52.4 Å². The van der Waals surface area contributed by atoms with Crippen LogP contribution in [0.25, 0.3) is 10.9 Å². The van der Waals surface area contributed by atoms with Crippen molar-refractivity contribution in [1.82, 2.24) is 10.3 Å². The Bertz CT molecular complexity index is 929. The summed E-state index contributed by atoms with van der Waals surface area (Å²) in [5.74, 6) is 0.572. The zero-order chi connectivity index (χ0) is 20.3. The maximum atomic E-state index is 12.7. The molecule has 3 aromatic rings. The third-order valence-corrected chi connectivity index (χ3v) is 5.27. The summed E-state index contributed by atoms with van der Waals surface area (Å²) < 4.78 is 0. The van der Waals surface area contributed by atoms with Crippen molar-refractivity contribution in [3.8, 4) is 0 Å². The van der Waals surface area contributed by atoms with Crippen molar-refractivity contribution in [3.05, 3.63) is 71.4 Å². The molecule has 0 aliphatic rings. The molecule has 0 saturated carbocycles. The first-order chi connectivity index (χ1) is 13.3. The topological polar surface area (TPSA) is 44.9 Å². The fourth-order valence-electron chi connectivity index (χ4n) is 3.58. The monoisotopic (exact) mass is 376 g/mol. The number of aromatic amines is 1. The van der Waals surface area contributed by atoms with Crippen LogP contribution in [0.1, 0.15) is 63.6 Å². The van der Waals surface area contributed by atoms with Gasteiger partial charge in [0.15, 0.2) is 0 Å². The minimum absolute atomic E-state index is 0.0253. The Morgan fingerprint density at radius 3 is 2.36 bits per heavy atom. The summed E-state index contributed by atoms with van der Waals surface area (Å²) in [6.07, 6.45) is 2.51. The summed E-state index contributed by atoms with van der Waals surface area (Å²) in [6.45, 7) is 11.6. The Morgan fingerprint density at radius 1 is 1.04 bits per heavy atom. The minimum Gasteiger partial charge on any atom is -0.361 e. The molecule has 1 aromatic heterocycles. The largest absolute Gasteiger partial charge is 0.361 e. The van der Waals surface area contributed by atoms with E-state index in [2.05, 4.69) is 93.6 Å². The number of rotatable bonds is 6. The molecule has 0 bridgehead atoms. The lowest BCUT2D eigenvalue weighted by Crippen LogP contribution is -2.28. The van der Waals surface area contributed by atoms with Crippen LogP contribution < -0.4 is 5.32 Å². The molecule has 148 valence electrons. The smallest absolute Gasteiger partial charge is 0.220 e. The molecule has 3 heteroatoms. The molecule has 2 N–H and O–H groups in total. The first kappa shape index (κ1) is 20.2. The summed E-state index contributed by atoms with van der Waals surface area (Å²) in [6, 6.07) is 17.1. The molecule has 0 spiro atoms. The highest BCUT2D eigenvalue weighted by molar-refractivity contribution is 5.86. The maximum Gasteiger partial charge on any atom is 0.220 e. The summed E-state index contributed by atoms with van der Waals surface area (Å²) in [5, 5.41) is 4.26. The average Bonchev–Trinajstić information content (AvgIpc) is 3.08. The summed E-state index contributed by atoms with van der Waals surface area (Å²) >= 11 is 0. The average molecular weight is 377 g/mol. The number of hydrogen-bond donors (Lipinski definition) is 2. The Morgan fingerprint density at radius 2 is 1.71 bits per heavy atom. The van der Waals surface area contributed by atoms with Crippen LogP contribution in [0.15, 0.2) is 54.7 Å². The Balaban J connectivity index is 1.96. The molecule has 1 heterocycles. The van der Waals surface area contributed by atoms with E-state index in [4.69, 9.17) is 0 Å². The van der Waals surface area contributed by atoms with Crippen LogP contribution >= 0.6 is 0 Å². The van der Waals surface area contributed by atoms with Crippen LogP contribution in [-0.2, 0) is 10.2 Å². The van der Waals surface area contributed by atoms with E-state index in [0.29, 0.717) is 18.9 Å². The molecule has 0 unspecified atom stereocenters.